The van der Waals surface area contributed by atoms with Gasteiger partial charge in [0.05, 0.1) is 5.57 Å². The first-order chi connectivity index (χ1) is 10.2. The molecule has 1 N–H and O–H groups in total. The minimum atomic E-state index is -0.770. The third kappa shape index (κ3) is 3.14. The molecule has 1 atom stereocenters. The van der Waals surface area contributed by atoms with Crippen LogP contribution in [0, 0.1) is 0 Å². The summed E-state index contributed by atoms with van der Waals surface area (Å²) in [5.74, 6) is 1.30. The summed E-state index contributed by atoms with van der Waals surface area (Å²) in [6.07, 6.45) is 3.98. The molecular weight excluding hydrogens is 272 g/mol. The lowest BCUT2D eigenvalue weighted by Gasteiger charge is -2.14. The van der Waals surface area contributed by atoms with Gasteiger partial charge in [-0.2, -0.15) is 0 Å². The summed E-state index contributed by atoms with van der Waals surface area (Å²) < 4.78 is 15.9. The molecule has 1 aliphatic heterocycles. The van der Waals surface area contributed by atoms with Crippen molar-refractivity contribution in [1.29, 1.82) is 0 Å². The fraction of sp³-hybridized carbons (Fsp3) is 0.188. The third-order valence-electron chi connectivity index (χ3n) is 3.01. The number of carbonyl (C=O) groups excluding carboxylic acids is 1. The van der Waals surface area contributed by atoms with Crippen molar-refractivity contribution < 1.29 is 24.1 Å². The highest BCUT2D eigenvalue weighted by atomic mass is 16.5. The maximum absolute atomic E-state index is 11.1. The molecule has 21 heavy (non-hydrogen) atoms. The van der Waals surface area contributed by atoms with Crippen LogP contribution < -0.4 is 4.74 Å². The number of esters is 1. The number of hydrogen-bond acceptors (Lipinski definition) is 5. The van der Waals surface area contributed by atoms with E-state index in [9.17, 15) is 9.90 Å². The van der Waals surface area contributed by atoms with E-state index in [1.165, 1.54) is 6.08 Å². The van der Waals surface area contributed by atoms with E-state index in [1.54, 1.807) is 12.2 Å². The zero-order valence-electron chi connectivity index (χ0n) is 11.2. The van der Waals surface area contributed by atoms with Crippen molar-refractivity contribution in [2.45, 2.75) is 6.10 Å². The second-order valence-electron chi connectivity index (χ2n) is 4.63. The van der Waals surface area contributed by atoms with Crippen molar-refractivity contribution in [2.24, 2.45) is 0 Å². The molecule has 5 nitrogen and oxygen atoms in total. The van der Waals surface area contributed by atoms with Crippen LogP contribution in [0.15, 0.2) is 65.7 Å². The molecule has 0 spiro atoms. The number of aliphatic hydroxyl groups is 1. The van der Waals surface area contributed by atoms with Gasteiger partial charge in [-0.25, -0.2) is 4.79 Å². The highest BCUT2D eigenvalue weighted by molar-refractivity contribution is 5.90. The van der Waals surface area contributed by atoms with Crippen LogP contribution in [0.25, 0.3) is 0 Å². The second-order valence-corrected chi connectivity index (χ2v) is 4.63. The van der Waals surface area contributed by atoms with Crippen molar-refractivity contribution in [3.8, 4) is 5.75 Å². The van der Waals surface area contributed by atoms with Gasteiger partial charge in [-0.05, 0) is 24.3 Å². The molecular formula is C16H14O5. The normalized spacial score (nSPS) is 17.4. The Labute approximate surface area is 121 Å². The summed E-state index contributed by atoms with van der Waals surface area (Å²) in [5.41, 5.74) is 0.621. The standard InChI is InChI=1S/C16H14O5/c17-11(9-19-12-4-2-1-3-5-12)10-20-14-6-7-15-13(14)8-16(18)21-15/h1-8,11,17H,9-10H2. The Kier molecular flexibility index (Phi) is 3.75. The first-order valence-corrected chi connectivity index (χ1v) is 6.57. The monoisotopic (exact) mass is 286 g/mol. The van der Waals surface area contributed by atoms with E-state index < -0.39 is 12.1 Å². The zero-order chi connectivity index (χ0) is 14.7. The van der Waals surface area contributed by atoms with Crippen LogP contribution in [0.3, 0.4) is 0 Å². The molecule has 0 saturated carbocycles. The Morgan fingerprint density at radius 2 is 1.86 bits per heavy atom. The Bertz CT molecular complexity index is 627. The largest absolute Gasteiger partial charge is 0.491 e. The minimum absolute atomic E-state index is 0.0747. The van der Waals surface area contributed by atoms with Gasteiger partial charge in [0.2, 0.25) is 0 Å². The summed E-state index contributed by atoms with van der Waals surface area (Å²) in [5, 5.41) is 9.85. The van der Waals surface area contributed by atoms with Crippen LogP contribution in [0.4, 0.5) is 0 Å². The lowest BCUT2D eigenvalue weighted by Crippen LogP contribution is -2.23. The zero-order valence-corrected chi connectivity index (χ0v) is 11.2. The molecule has 0 aromatic heterocycles. The van der Waals surface area contributed by atoms with E-state index in [-0.39, 0.29) is 13.2 Å². The number of benzene rings is 1. The number of ether oxygens (including phenoxy) is 3. The van der Waals surface area contributed by atoms with Crippen molar-refractivity contribution in [1.82, 2.24) is 0 Å². The van der Waals surface area contributed by atoms with Crippen molar-refractivity contribution >= 4 is 5.97 Å². The molecule has 1 aromatic rings. The Hall–Kier alpha value is -2.53. The van der Waals surface area contributed by atoms with E-state index in [1.807, 2.05) is 30.3 Å². The molecule has 0 fully saturated rings. The Morgan fingerprint density at radius 1 is 1.10 bits per heavy atom. The molecule has 0 saturated heterocycles. The molecule has 0 amide bonds. The average Bonchev–Trinajstić information content (AvgIpc) is 3.03. The number of allylic oxidation sites excluding steroid dienone is 2. The van der Waals surface area contributed by atoms with Gasteiger partial charge in [-0.1, -0.05) is 18.2 Å². The molecule has 0 bridgehead atoms. The smallest absolute Gasteiger partial charge is 0.337 e. The number of para-hydroxylation sites is 1. The first kappa shape index (κ1) is 13.5. The van der Waals surface area contributed by atoms with E-state index in [2.05, 4.69) is 0 Å². The molecule has 5 heteroatoms. The number of hydrogen-bond donors (Lipinski definition) is 1. The van der Waals surface area contributed by atoms with Crippen LogP contribution in [0.2, 0.25) is 0 Å². The van der Waals surface area contributed by atoms with E-state index >= 15 is 0 Å². The summed E-state index contributed by atoms with van der Waals surface area (Å²) in [6, 6.07) is 9.24. The summed E-state index contributed by atoms with van der Waals surface area (Å²) >= 11 is 0. The number of aliphatic hydroxyl groups excluding tert-OH is 1. The molecule has 3 rings (SSSR count). The number of carbonyl (C=O) groups is 1. The Morgan fingerprint density at radius 3 is 2.67 bits per heavy atom. The third-order valence-corrected chi connectivity index (χ3v) is 3.01. The Balaban J connectivity index is 1.46. The molecule has 1 aliphatic carbocycles. The van der Waals surface area contributed by atoms with Gasteiger partial charge in [0.15, 0.2) is 0 Å². The van der Waals surface area contributed by atoms with Gasteiger partial charge in [-0.15, -0.1) is 0 Å². The van der Waals surface area contributed by atoms with E-state index in [0.717, 1.165) is 0 Å². The fourth-order valence-electron chi connectivity index (χ4n) is 2.01. The average molecular weight is 286 g/mol. The summed E-state index contributed by atoms with van der Waals surface area (Å²) in [7, 11) is 0. The molecule has 1 unspecified atom stereocenters. The molecule has 108 valence electrons. The number of rotatable bonds is 6. The predicted octanol–water partition coefficient (Wildman–Crippen LogP) is 1.71. The lowest BCUT2D eigenvalue weighted by atomic mass is 10.2. The predicted molar refractivity (Wildman–Crippen MR) is 74.2 cm³/mol. The van der Waals surface area contributed by atoms with Crippen LogP contribution in [-0.2, 0) is 14.3 Å². The maximum Gasteiger partial charge on any atom is 0.337 e. The molecule has 2 aliphatic rings. The highest BCUT2D eigenvalue weighted by Crippen LogP contribution is 2.32. The number of fused-ring (bicyclic) bond motifs is 1. The SMILES string of the molecule is O=C1C=C2C(OCC(O)COc3ccccc3)=CC=C2O1. The van der Waals surface area contributed by atoms with Gasteiger partial charge in [0.25, 0.3) is 0 Å². The van der Waals surface area contributed by atoms with Crippen molar-refractivity contribution in [3.63, 3.8) is 0 Å². The first-order valence-electron chi connectivity index (χ1n) is 6.57. The van der Waals surface area contributed by atoms with Crippen LogP contribution in [0.5, 0.6) is 5.75 Å². The minimum Gasteiger partial charge on any atom is -0.491 e. The summed E-state index contributed by atoms with van der Waals surface area (Å²) in [6.45, 7) is 0.206. The van der Waals surface area contributed by atoms with Crippen LogP contribution in [0.1, 0.15) is 0 Å². The topological polar surface area (TPSA) is 65.0 Å². The summed E-state index contributed by atoms with van der Waals surface area (Å²) in [4.78, 5) is 11.1. The van der Waals surface area contributed by atoms with Gasteiger partial charge in [0.1, 0.15) is 36.6 Å². The fourth-order valence-corrected chi connectivity index (χ4v) is 2.01. The lowest BCUT2D eigenvalue weighted by molar-refractivity contribution is -0.132. The van der Waals surface area contributed by atoms with Crippen LogP contribution >= 0.6 is 0 Å². The quantitative estimate of drug-likeness (QED) is 0.806. The van der Waals surface area contributed by atoms with Gasteiger partial charge < -0.3 is 19.3 Å². The van der Waals surface area contributed by atoms with Crippen molar-refractivity contribution in [2.75, 3.05) is 13.2 Å². The molecule has 1 aromatic carbocycles. The van der Waals surface area contributed by atoms with Gasteiger partial charge in [-0.3, -0.25) is 0 Å². The highest BCUT2D eigenvalue weighted by Gasteiger charge is 2.27. The molecule has 0 radical (unpaired) electrons. The second kappa shape index (κ2) is 5.85. The molecule has 1 heterocycles. The van der Waals surface area contributed by atoms with E-state index in [0.29, 0.717) is 22.8 Å². The van der Waals surface area contributed by atoms with Crippen LogP contribution in [-0.4, -0.2) is 30.4 Å². The maximum atomic E-state index is 11.1. The van der Waals surface area contributed by atoms with E-state index in [4.69, 9.17) is 14.2 Å². The van der Waals surface area contributed by atoms with Gasteiger partial charge >= 0.3 is 5.97 Å². The van der Waals surface area contributed by atoms with Gasteiger partial charge in [0, 0.05) is 6.08 Å². The van der Waals surface area contributed by atoms with Crippen molar-refractivity contribution in [3.05, 3.63) is 65.7 Å².